The van der Waals surface area contributed by atoms with Crippen LogP contribution in [-0.2, 0) is 19.1 Å². The zero-order valence-corrected chi connectivity index (χ0v) is 32.5. The van der Waals surface area contributed by atoms with Crippen LogP contribution in [0, 0.1) is 0 Å². The van der Waals surface area contributed by atoms with Gasteiger partial charge >= 0.3 is 5.97 Å². The van der Waals surface area contributed by atoms with Gasteiger partial charge in [0.05, 0.1) is 6.54 Å². The standard InChI is InChI=1S/C42H82N2O4/c1-4-6-8-10-12-14-16-18-20-22-24-26-28-30-32-34-41(46)43-36-37-44(38-39-48-40(3)45)42(47)35-33-31-29-27-25-23-21-19-17-15-13-11-9-7-5-2/h4-39H2,1-3H3,(H,43,46). The molecule has 2 amide bonds. The second kappa shape index (κ2) is 38.2. The van der Waals surface area contributed by atoms with Crippen LogP contribution in [-0.4, -0.2) is 48.9 Å². The predicted octanol–water partition coefficient (Wildman–Crippen LogP) is 12.0. The smallest absolute Gasteiger partial charge is 0.302 e. The number of rotatable bonds is 38. The van der Waals surface area contributed by atoms with Gasteiger partial charge in [-0.15, -0.1) is 0 Å². The summed E-state index contributed by atoms with van der Waals surface area (Å²) in [5.41, 5.74) is 0. The summed E-state index contributed by atoms with van der Waals surface area (Å²) in [6.07, 6.45) is 40.4. The van der Waals surface area contributed by atoms with E-state index in [4.69, 9.17) is 4.74 Å². The number of hydrogen-bond donors (Lipinski definition) is 1. The van der Waals surface area contributed by atoms with Crippen molar-refractivity contribution in [3.8, 4) is 0 Å². The van der Waals surface area contributed by atoms with Gasteiger partial charge in [0, 0.05) is 32.9 Å². The first-order chi connectivity index (χ1) is 23.5. The number of esters is 1. The third-order valence-corrected chi connectivity index (χ3v) is 9.72. The maximum absolute atomic E-state index is 12.9. The molecule has 0 radical (unpaired) electrons. The van der Waals surface area contributed by atoms with Crippen LogP contribution in [0.2, 0.25) is 0 Å². The van der Waals surface area contributed by atoms with Crippen molar-refractivity contribution < 1.29 is 19.1 Å². The zero-order chi connectivity index (χ0) is 35.2. The second-order valence-corrected chi connectivity index (χ2v) is 14.5. The van der Waals surface area contributed by atoms with Gasteiger partial charge in [0.25, 0.3) is 0 Å². The minimum absolute atomic E-state index is 0.0690. The topological polar surface area (TPSA) is 75.7 Å². The molecule has 6 nitrogen and oxygen atoms in total. The molecule has 0 atom stereocenters. The molecular formula is C42H82N2O4. The van der Waals surface area contributed by atoms with Crippen LogP contribution in [0.4, 0.5) is 0 Å². The largest absolute Gasteiger partial charge is 0.464 e. The molecule has 1 N–H and O–H groups in total. The van der Waals surface area contributed by atoms with Crippen LogP contribution in [0.25, 0.3) is 0 Å². The molecule has 0 rings (SSSR count). The molecular weight excluding hydrogens is 596 g/mol. The number of nitrogens with zero attached hydrogens (tertiary/aromatic N) is 1. The summed E-state index contributed by atoms with van der Waals surface area (Å²) in [5, 5.41) is 3.00. The molecule has 284 valence electrons. The van der Waals surface area contributed by atoms with E-state index in [1.165, 1.54) is 174 Å². The molecule has 0 saturated carbocycles. The first-order valence-electron chi connectivity index (χ1n) is 21.2. The Balaban J connectivity index is 3.85. The lowest BCUT2D eigenvalue weighted by molar-refractivity contribution is -0.143. The van der Waals surface area contributed by atoms with Crippen LogP contribution in [0.3, 0.4) is 0 Å². The number of nitrogens with one attached hydrogen (secondary N) is 1. The molecule has 0 aliphatic carbocycles. The maximum atomic E-state index is 12.9. The number of unbranched alkanes of at least 4 members (excludes halogenated alkanes) is 28. The highest BCUT2D eigenvalue weighted by Gasteiger charge is 2.14. The number of carbonyl (C=O) groups excluding carboxylic acids is 3. The van der Waals surface area contributed by atoms with Crippen molar-refractivity contribution in [3.63, 3.8) is 0 Å². The Morgan fingerprint density at radius 3 is 1.15 bits per heavy atom. The fraction of sp³-hybridized carbons (Fsp3) is 0.929. The van der Waals surface area contributed by atoms with Crippen LogP contribution in [0.5, 0.6) is 0 Å². The minimum atomic E-state index is -0.332. The summed E-state index contributed by atoms with van der Waals surface area (Å²) in [5.74, 6) is -0.172. The molecule has 0 aromatic heterocycles. The lowest BCUT2D eigenvalue weighted by Crippen LogP contribution is -2.40. The Hall–Kier alpha value is -1.59. The van der Waals surface area contributed by atoms with Crippen molar-refractivity contribution in [2.24, 2.45) is 0 Å². The highest BCUT2D eigenvalue weighted by molar-refractivity contribution is 5.77. The number of hydrogen-bond acceptors (Lipinski definition) is 4. The highest BCUT2D eigenvalue weighted by atomic mass is 16.5. The highest BCUT2D eigenvalue weighted by Crippen LogP contribution is 2.15. The van der Waals surface area contributed by atoms with E-state index < -0.39 is 0 Å². The SMILES string of the molecule is CCCCCCCCCCCCCCCCCC(=O)NCCN(CCOC(C)=O)C(=O)CCCCCCCCCCCCCCCCC. The Morgan fingerprint density at radius 1 is 0.458 bits per heavy atom. The number of amides is 2. The predicted molar refractivity (Wildman–Crippen MR) is 205 cm³/mol. The average Bonchev–Trinajstić information content (AvgIpc) is 3.07. The normalized spacial score (nSPS) is 11.1. The minimum Gasteiger partial charge on any atom is -0.464 e. The third-order valence-electron chi connectivity index (χ3n) is 9.72. The second-order valence-electron chi connectivity index (χ2n) is 14.5. The third kappa shape index (κ3) is 35.7. The van der Waals surface area contributed by atoms with Crippen molar-refractivity contribution >= 4 is 17.8 Å². The summed E-state index contributed by atoms with van der Waals surface area (Å²) in [6.45, 7) is 7.43. The van der Waals surface area contributed by atoms with E-state index in [9.17, 15) is 14.4 Å². The molecule has 0 fully saturated rings. The van der Waals surface area contributed by atoms with Gasteiger partial charge in [-0.3, -0.25) is 14.4 Å². The van der Waals surface area contributed by atoms with Crippen molar-refractivity contribution in [1.82, 2.24) is 10.2 Å². The molecule has 0 unspecified atom stereocenters. The van der Waals surface area contributed by atoms with E-state index in [0.717, 1.165) is 25.7 Å². The van der Waals surface area contributed by atoms with Gasteiger partial charge in [-0.2, -0.15) is 0 Å². The van der Waals surface area contributed by atoms with E-state index in [1.54, 1.807) is 4.90 Å². The Labute approximate surface area is 299 Å². The van der Waals surface area contributed by atoms with Crippen LogP contribution < -0.4 is 5.32 Å². The van der Waals surface area contributed by atoms with E-state index in [0.29, 0.717) is 32.5 Å². The van der Waals surface area contributed by atoms with Crippen LogP contribution in [0.1, 0.15) is 226 Å². The molecule has 48 heavy (non-hydrogen) atoms. The Morgan fingerprint density at radius 2 is 0.792 bits per heavy atom. The molecule has 0 aromatic carbocycles. The van der Waals surface area contributed by atoms with E-state index in [-0.39, 0.29) is 24.4 Å². The molecule has 0 aliphatic heterocycles. The van der Waals surface area contributed by atoms with Crippen molar-refractivity contribution in [1.29, 1.82) is 0 Å². The van der Waals surface area contributed by atoms with E-state index >= 15 is 0 Å². The van der Waals surface area contributed by atoms with E-state index in [1.807, 2.05) is 0 Å². The van der Waals surface area contributed by atoms with Gasteiger partial charge in [-0.1, -0.05) is 194 Å². The summed E-state index contributed by atoms with van der Waals surface area (Å²) in [7, 11) is 0. The van der Waals surface area contributed by atoms with E-state index in [2.05, 4.69) is 19.2 Å². The molecule has 0 aromatic rings. The molecule has 0 spiro atoms. The average molecular weight is 679 g/mol. The van der Waals surface area contributed by atoms with Gasteiger partial charge < -0.3 is 15.0 Å². The van der Waals surface area contributed by atoms with Gasteiger partial charge in [-0.25, -0.2) is 0 Å². The molecule has 0 bridgehead atoms. The zero-order valence-electron chi connectivity index (χ0n) is 32.5. The summed E-state index contributed by atoms with van der Waals surface area (Å²) < 4.78 is 5.10. The van der Waals surface area contributed by atoms with Crippen molar-refractivity contribution in [2.75, 3.05) is 26.2 Å². The molecule has 6 heteroatoms. The maximum Gasteiger partial charge on any atom is 0.302 e. The van der Waals surface area contributed by atoms with Crippen molar-refractivity contribution in [2.45, 2.75) is 226 Å². The first kappa shape index (κ1) is 46.4. The number of carbonyl (C=O) groups is 3. The quantitative estimate of drug-likeness (QED) is 0.0521. The van der Waals surface area contributed by atoms with Crippen LogP contribution in [0.15, 0.2) is 0 Å². The summed E-state index contributed by atoms with van der Waals surface area (Å²) in [6, 6.07) is 0. The fourth-order valence-corrected chi connectivity index (χ4v) is 6.54. The van der Waals surface area contributed by atoms with Gasteiger partial charge in [0.15, 0.2) is 0 Å². The molecule has 0 aliphatic rings. The number of ether oxygens (including phenoxy) is 1. The fourth-order valence-electron chi connectivity index (χ4n) is 6.54. The van der Waals surface area contributed by atoms with Crippen LogP contribution >= 0.6 is 0 Å². The monoisotopic (exact) mass is 679 g/mol. The Kier molecular flexibility index (Phi) is 36.9. The summed E-state index contributed by atoms with van der Waals surface area (Å²) >= 11 is 0. The van der Waals surface area contributed by atoms with Gasteiger partial charge in [-0.05, 0) is 12.8 Å². The lowest BCUT2D eigenvalue weighted by atomic mass is 10.0. The van der Waals surface area contributed by atoms with Gasteiger partial charge in [0.1, 0.15) is 6.61 Å². The molecule has 0 heterocycles. The Bertz CT molecular complexity index is 714. The van der Waals surface area contributed by atoms with Gasteiger partial charge in [0.2, 0.25) is 11.8 Å². The summed E-state index contributed by atoms with van der Waals surface area (Å²) in [4.78, 5) is 38.3. The molecule has 0 saturated heterocycles. The first-order valence-corrected chi connectivity index (χ1v) is 21.2. The van der Waals surface area contributed by atoms with Crippen molar-refractivity contribution in [3.05, 3.63) is 0 Å². The lowest BCUT2D eigenvalue weighted by Gasteiger charge is -2.23.